The molecule has 0 aromatic heterocycles. The van der Waals surface area contributed by atoms with Crippen LogP contribution in [0.5, 0.6) is 0 Å². The van der Waals surface area contributed by atoms with Gasteiger partial charge >= 0.3 is 0 Å². The zero-order valence-electron chi connectivity index (χ0n) is 7.94. The summed E-state index contributed by atoms with van der Waals surface area (Å²) >= 11 is 0. The van der Waals surface area contributed by atoms with Crippen molar-refractivity contribution in [2.45, 2.75) is 46.2 Å². The van der Waals surface area contributed by atoms with Gasteiger partial charge in [-0.1, -0.05) is 34.6 Å². The average Bonchev–Trinajstić information content (AvgIpc) is 1.60. The van der Waals surface area contributed by atoms with E-state index in [0.717, 1.165) is 11.8 Å². The first-order valence-electron chi connectivity index (χ1n) is 4.13. The molecule has 2 atom stereocenters. The lowest BCUT2D eigenvalue weighted by Gasteiger charge is -2.28. The SMILES string of the molecule is CC(C)CC(C)C(C)(C)P. The molecule has 0 aliphatic carbocycles. The fourth-order valence-electron chi connectivity index (χ4n) is 1.01. The Bertz CT molecular complexity index is 89.4. The van der Waals surface area contributed by atoms with Gasteiger partial charge in [-0.3, -0.25) is 0 Å². The van der Waals surface area contributed by atoms with Crippen LogP contribution in [0.1, 0.15) is 41.0 Å². The molecule has 10 heavy (non-hydrogen) atoms. The van der Waals surface area contributed by atoms with E-state index in [9.17, 15) is 0 Å². The first-order chi connectivity index (χ1) is 4.34. The minimum absolute atomic E-state index is 0.407. The van der Waals surface area contributed by atoms with E-state index in [2.05, 4.69) is 43.9 Å². The number of rotatable bonds is 3. The molecule has 0 heterocycles. The maximum atomic E-state index is 2.92. The van der Waals surface area contributed by atoms with Crippen LogP contribution in [0.25, 0.3) is 0 Å². The Hall–Kier alpha value is 0.430. The summed E-state index contributed by atoms with van der Waals surface area (Å²) in [6.45, 7) is 11.5. The first-order valence-corrected chi connectivity index (χ1v) is 4.70. The molecule has 0 aliphatic heterocycles. The van der Waals surface area contributed by atoms with Crippen LogP contribution in [-0.4, -0.2) is 5.16 Å². The van der Waals surface area contributed by atoms with Gasteiger partial charge in [0.25, 0.3) is 0 Å². The second-order valence-corrected chi connectivity index (χ2v) is 5.84. The highest BCUT2D eigenvalue weighted by Gasteiger charge is 2.20. The summed E-state index contributed by atoms with van der Waals surface area (Å²) < 4.78 is 0. The van der Waals surface area contributed by atoms with Crippen molar-refractivity contribution in [3.8, 4) is 0 Å². The van der Waals surface area contributed by atoms with Crippen LogP contribution in [0.15, 0.2) is 0 Å². The van der Waals surface area contributed by atoms with Gasteiger partial charge in [0.15, 0.2) is 0 Å². The van der Waals surface area contributed by atoms with Gasteiger partial charge in [-0.15, -0.1) is 9.24 Å². The summed E-state index contributed by atoms with van der Waals surface area (Å²) in [6, 6.07) is 0. The van der Waals surface area contributed by atoms with Crippen LogP contribution in [0.4, 0.5) is 0 Å². The molecule has 0 fully saturated rings. The zero-order chi connectivity index (χ0) is 8.36. The minimum atomic E-state index is 0.407. The molecule has 1 heteroatoms. The molecule has 0 bridgehead atoms. The third-order valence-corrected chi connectivity index (χ3v) is 2.66. The Kier molecular flexibility index (Phi) is 3.88. The van der Waals surface area contributed by atoms with E-state index >= 15 is 0 Å². The quantitative estimate of drug-likeness (QED) is 0.555. The Morgan fingerprint density at radius 1 is 1.20 bits per heavy atom. The molecule has 0 aromatic carbocycles. The highest BCUT2D eigenvalue weighted by atomic mass is 31.0. The molecule has 0 saturated carbocycles. The van der Waals surface area contributed by atoms with Gasteiger partial charge in [-0.25, -0.2) is 0 Å². The van der Waals surface area contributed by atoms with E-state index in [0.29, 0.717) is 5.16 Å². The van der Waals surface area contributed by atoms with Gasteiger partial charge in [-0.2, -0.15) is 0 Å². The Morgan fingerprint density at radius 3 is 1.70 bits per heavy atom. The van der Waals surface area contributed by atoms with Gasteiger partial charge in [0.05, 0.1) is 0 Å². The van der Waals surface area contributed by atoms with Crippen molar-refractivity contribution >= 4 is 9.24 Å². The van der Waals surface area contributed by atoms with E-state index in [1.165, 1.54) is 6.42 Å². The van der Waals surface area contributed by atoms with Crippen LogP contribution in [0.3, 0.4) is 0 Å². The van der Waals surface area contributed by atoms with Crippen molar-refractivity contribution in [1.82, 2.24) is 0 Å². The van der Waals surface area contributed by atoms with E-state index in [1.807, 2.05) is 0 Å². The topological polar surface area (TPSA) is 0 Å². The molecule has 0 aromatic rings. The van der Waals surface area contributed by atoms with Gasteiger partial charge in [0, 0.05) is 0 Å². The fraction of sp³-hybridized carbons (Fsp3) is 1.00. The maximum absolute atomic E-state index is 2.92. The molecule has 0 rings (SSSR count). The molecule has 0 amide bonds. The average molecular weight is 160 g/mol. The van der Waals surface area contributed by atoms with Crippen molar-refractivity contribution in [2.24, 2.45) is 11.8 Å². The molecular formula is C9H21P. The molecule has 0 spiro atoms. The standard InChI is InChI=1S/C9H21P/c1-7(2)6-8(3)9(4,5)10/h7-8H,6,10H2,1-5H3. The highest BCUT2D eigenvalue weighted by Crippen LogP contribution is 2.30. The molecule has 2 unspecified atom stereocenters. The Morgan fingerprint density at radius 2 is 1.60 bits per heavy atom. The number of hydrogen-bond acceptors (Lipinski definition) is 0. The third kappa shape index (κ3) is 4.28. The van der Waals surface area contributed by atoms with Crippen molar-refractivity contribution in [3.63, 3.8) is 0 Å². The predicted octanol–water partition coefficient (Wildman–Crippen LogP) is 3.32. The second kappa shape index (κ2) is 3.72. The summed E-state index contributed by atoms with van der Waals surface area (Å²) in [5, 5.41) is 0.407. The minimum Gasteiger partial charge on any atom is -0.131 e. The summed E-state index contributed by atoms with van der Waals surface area (Å²) in [4.78, 5) is 0. The van der Waals surface area contributed by atoms with Crippen LogP contribution in [0, 0.1) is 11.8 Å². The van der Waals surface area contributed by atoms with Crippen LogP contribution in [0.2, 0.25) is 0 Å². The largest absolute Gasteiger partial charge is 0.131 e. The monoisotopic (exact) mass is 160 g/mol. The predicted molar refractivity (Wildman–Crippen MR) is 52.4 cm³/mol. The fourth-order valence-corrected chi connectivity index (χ4v) is 1.15. The molecule has 0 saturated heterocycles. The lowest BCUT2D eigenvalue weighted by molar-refractivity contribution is 0.372. The van der Waals surface area contributed by atoms with Crippen molar-refractivity contribution in [2.75, 3.05) is 0 Å². The zero-order valence-corrected chi connectivity index (χ0v) is 9.09. The first kappa shape index (κ1) is 10.4. The van der Waals surface area contributed by atoms with E-state index in [1.54, 1.807) is 0 Å². The van der Waals surface area contributed by atoms with Crippen LogP contribution < -0.4 is 0 Å². The van der Waals surface area contributed by atoms with Crippen molar-refractivity contribution in [3.05, 3.63) is 0 Å². The van der Waals surface area contributed by atoms with Gasteiger partial charge in [0.2, 0.25) is 0 Å². The molecular weight excluding hydrogens is 139 g/mol. The molecule has 62 valence electrons. The van der Waals surface area contributed by atoms with Crippen LogP contribution >= 0.6 is 9.24 Å². The second-order valence-electron chi connectivity index (χ2n) is 4.35. The summed E-state index contributed by atoms with van der Waals surface area (Å²) in [7, 11) is 2.92. The van der Waals surface area contributed by atoms with Crippen molar-refractivity contribution in [1.29, 1.82) is 0 Å². The van der Waals surface area contributed by atoms with Gasteiger partial charge in [0.1, 0.15) is 0 Å². The lowest BCUT2D eigenvalue weighted by atomic mass is 9.89. The van der Waals surface area contributed by atoms with Crippen LogP contribution in [-0.2, 0) is 0 Å². The maximum Gasteiger partial charge on any atom is -0.0181 e. The third-order valence-electron chi connectivity index (χ3n) is 2.10. The lowest BCUT2D eigenvalue weighted by Crippen LogP contribution is -2.22. The van der Waals surface area contributed by atoms with E-state index < -0.39 is 0 Å². The molecule has 0 radical (unpaired) electrons. The van der Waals surface area contributed by atoms with Gasteiger partial charge in [-0.05, 0) is 23.4 Å². The highest BCUT2D eigenvalue weighted by molar-refractivity contribution is 7.18. The van der Waals surface area contributed by atoms with Crippen molar-refractivity contribution < 1.29 is 0 Å². The van der Waals surface area contributed by atoms with Gasteiger partial charge < -0.3 is 0 Å². The molecule has 0 nitrogen and oxygen atoms in total. The Balaban J connectivity index is 3.73. The molecule has 0 N–H and O–H groups in total. The summed E-state index contributed by atoms with van der Waals surface area (Å²) in [6.07, 6.45) is 1.33. The van der Waals surface area contributed by atoms with E-state index in [4.69, 9.17) is 0 Å². The number of hydrogen-bond donors (Lipinski definition) is 0. The Labute approximate surface area is 68.0 Å². The van der Waals surface area contributed by atoms with E-state index in [-0.39, 0.29) is 0 Å². The summed E-state index contributed by atoms with van der Waals surface area (Å²) in [5.41, 5.74) is 0. The molecule has 0 aliphatic rings. The summed E-state index contributed by atoms with van der Waals surface area (Å²) in [5.74, 6) is 1.63. The normalized spacial score (nSPS) is 15.9. The smallest absolute Gasteiger partial charge is 0.0181 e.